The van der Waals surface area contributed by atoms with Gasteiger partial charge in [0, 0.05) is 33.6 Å². The number of nitrogens with zero attached hydrogens (tertiary/aromatic N) is 4. The molecule has 0 saturated carbocycles. The maximum absolute atomic E-state index is 12.6. The van der Waals surface area contributed by atoms with Crippen LogP contribution < -0.4 is 5.32 Å². The van der Waals surface area contributed by atoms with Crippen molar-refractivity contribution in [2.45, 2.75) is 32.9 Å². The van der Waals surface area contributed by atoms with Crippen LogP contribution in [0.3, 0.4) is 0 Å². The fourth-order valence-electron chi connectivity index (χ4n) is 2.75. The van der Waals surface area contributed by atoms with Gasteiger partial charge in [-0.2, -0.15) is 10.2 Å². The van der Waals surface area contributed by atoms with Gasteiger partial charge in [-0.3, -0.25) is 14.2 Å². The molecule has 9 heteroatoms. The summed E-state index contributed by atoms with van der Waals surface area (Å²) in [7, 11) is 0. The Morgan fingerprint density at radius 1 is 1.26 bits per heavy atom. The van der Waals surface area contributed by atoms with Crippen LogP contribution in [0.15, 0.2) is 36.7 Å². The fourth-order valence-corrected chi connectivity index (χ4v) is 3.41. The van der Waals surface area contributed by atoms with Crippen molar-refractivity contribution in [3.05, 3.63) is 63.0 Å². The molecule has 2 heterocycles. The first-order valence-corrected chi connectivity index (χ1v) is 9.50. The van der Waals surface area contributed by atoms with E-state index in [9.17, 15) is 4.79 Å². The zero-order valence-electron chi connectivity index (χ0n) is 14.8. The number of hydrogen-bond donors (Lipinski definition) is 1. The number of carbonyl (C=O) groups excluding carboxylic acids is 1. The van der Waals surface area contributed by atoms with E-state index in [0.29, 0.717) is 33.9 Å². The highest BCUT2D eigenvalue weighted by molar-refractivity contribution is 6.36. The van der Waals surface area contributed by atoms with Gasteiger partial charge in [-0.25, -0.2) is 0 Å². The van der Waals surface area contributed by atoms with E-state index in [-0.39, 0.29) is 5.91 Å². The maximum atomic E-state index is 12.6. The monoisotopic (exact) mass is 425 g/mol. The van der Waals surface area contributed by atoms with E-state index in [1.807, 2.05) is 13.8 Å². The Morgan fingerprint density at radius 3 is 2.56 bits per heavy atom. The van der Waals surface area contributed by atoms with Crippen LogP contribution >= 0.6 is 34.8 Å². The van der Waals surface area contributed by atoms with Crippen LogP contribution in [0.2, 0.25) is 15.1 Å². The average molecular weight is 427 g/mol. The third-order valence-corrected chi connectivity index (χ3v) is 5.08. The van der Waals surface area contributed by atoms with Gasteiger partial charge >= 0.3 is 0 Å². The van der Waals surface area contributed by atoms with Crippen LogP contribution in [0.4, 0.5) is 5.82 Å². The Labute approximate surface area is 172 Å². The molecule has 27 heavy (non-hydrogen) atoms. The summed E-state index contributed by atoms with van der Waals surface area (Å²) in [5, 5.41) is 13.0. The van der Waals surface area contributed by atoms with Crippen LogP contribution in [0, 0.1) is 6.92 Å². The van der Waals surface area contributed by atoms with Crippen molar-refractivity contribution < 1.29 is 4.79 Å². The van der Waals surface area contributed by atoms with E-state index in [4.69, 9.17) is 34.8 Å². The minimum Gasteiger partial charge on any atom is -0.307 e. The number of aromatic nitrogens is 4. The molecule has 0 spiro atoms. The molecule has 0 radical (unpaired) electrons. The molecule has 2 aromatic heterocycles. The quantitative estimate of drug-likeness (QED) is 0.604. The number of anilines is 1. The van der Waals surface area contributed by atoms with Crippen LogP contribution in [-0.2, 0) is 11.3 Å². The molecule has 0 saturated heterocycles. The molecule has 0 aliphatic carbocycles. The van der Waals surface area contributed by atoms with Gasteiger partial charge in [0.15, 0.2) is 5.82 Å². The lowest BCUT2D eigenvalue weighted by Crippen LogP contribution is -2.26. The number of aryl methyl sites for hydroxylation is 1. The lowest BCUT2D eigenvalue weighted by atomic mass is 10.2. The number of rotatable bonds is 6. The van der Waals surface area contributed by atoms with Crippen LogP contribution in [0.5, 0.6) is 0 Å². The molecule has 3 rings (SSSR count). The van der Waals surface area contributed by atoms with Crippen LogP contribution in [0.1, 0.15) is 30.6 Å². The van der Waals surface area contributed by atoms with Crippen molar-refractivity contribution in [2.24, 2.45) is 0 Å². The first-order chi connectivity index (χ1) is 12.9. The summed E-state index contributed by atoms with van der Waals surface area (Å²) in [6.45, 7) is 4.22. The molecular weight excluding hydrogens is 409 g/mol. The van der Waals surface area contributed by atoms with Gasteiger partial charge in [-0.05, 0) is 25.5 Å². The van der Waals surface area contributed by atoms with Gasteiger partial charge in [0.05, 0.1) is 17.8 Å². The second-order valence-corrected chi connectivity index (χ2v) is 7.33. The molecule has 1 amide bonds. The van der Waals surface area contributed by atoms with E-state index in [2.05, 4.69) is 15.5 Å². The van der Waals surface area contributed by atoms with E-state index >= 15 is 0 Å². The van der Waals surface area contributed by atoms with Crippen molar-refractivity contribution in [1.29, 1.82) is 0 Å². The minimum absolute atomic E-state index is 0.210. The van der Waals surface area contributed by atoms with Crippen LogP contribution in [0.25, 0.3) is 0 Å². The molecule has 1 aromatic carbocycles. The highest BCUT2D eigenvalue weighted by atomic mass is 35.5. The molecule has 3 aromatic rings. The SMILES string of the molecule is CCC(C(=O)Nc1cc(C)n(Cc2c(Cl)cccc2Cl)n1)n1cc(Cl)cn1. The van der Waals surface area contributed by atoms with Crippen molar-refractivity contribution in [2.75, 3.05) is 5.32 Å². The largest absolute Gasteiger partial charge is 0.307 e. The van der Waals surface area contributed by atoms with Gasteiger partial charge in [-0.15, -0.1) is 0 Å². The van der Waals surface area contributed by atoms with E-state index in [0.717, 1.165) is 11.3 Å². The molecule has 1 unspecified atom stereocenters. The lowest BCUT2D eigenvalue weighted by Gasteiger charge is -2.14. The molecule has 142 valence electrons. The Bertz CT molecular complexity index is 946. The topological polar surface area (TPSA) is 64.7 Å². The van der Waals surface area contributed by atoms with Gasteiger partial charge in [0.1, 0.15) is 6.04 Å². The van der Waals surface area contributed by atoms with Gasteiger partial charge < -0.3 is 5.32 Å². The maximum Gasteiger partial charge on any atom is 0.250 e. The smallest absolute Gasteiger partial charge is 0.250 e. The second-order valence-electron chi connectivity index (χ2n) is 6.08. The third kappa shape index (κ3) is 4.46. The number of benzene rings is 1. The molecule has 0 aliphatic rings. The van der Waals surface area contributed by atoms with Crippen molar-refractivity contribution >= 4 is 46.5 Å². The predicted octanol–water partition coefficient (Wildman–Crippen LogP) is 4.99. The standard InChI is InChI=1S/C18H18Cl3N5O/c1-3-16(26-9-12(19)8-22-26)18(27)23-17-7-11(2)25(24-17)10-13-14(20)5-4-6-15(13)21/h4-9,16H,3,10H2,1-2H3,(H,23,24,27). The van der Waals surface area contributed by atoms with E-state index < -0.39 is 6.04 Å². The Kier molecular flexibility index (Phi) is 6.09. The predicted molar refractivity (Wildman–Crippen MR) is 108 cm³/mol. The van der Waals surface area contributed by atoms with Crippen molar-refractivity contribution in [1.82, 2.24) is 19.6 Å². The molecule has 0 fully saturated rings. The summed E-state index contributed by atoms with van der Waals surface area (Å²) in [5.41, 5.74) is 1.65. The summed E-state index contributed by atoms with van der Waals surface area (Å²) in [6, 6.07) is 6.69. The number of halogens is 3. The normalized spacial score (nSPS) is 12.2. The van der Waals surface area contributed by atoms with Crippen LogP contribution in [-0.4, -0.2) is 25.5 Å². The second kappa shape index (κ2) is 8.33. The molecular formula is C18H18Cl3N5O. The number of hydrogen-bond acceptors (Lipinski definition) is 3. The Hall–Kier alpha value is -2.02. The number of carbonyl (C=O) groups is 1. The number of amides is 1. The molecule has 1 atom stereocenters. The fraction of sp³-hybridized carbons (Fsp3) is 0.278. The van der Waals surface area contributed by atoms with Gasteiger partial charge in [-0.1, -0.05) is 47.8 Å². The average Bonchev–Trinajstić information content (AvgIpc) is 3.18. The first-order valence-electron chi connectivity index (χ1n) is 8.37. The number of nitrogens with one attached hydrogen (secondary N) is 1. The lowest BCUT2D eigenvalue weighted by molar-refractivity contribution is -0.119. The van der Waals surface area contributed by atoms with Crippen molar-refractivity contribution in [3.63, 3.8) is 0 Å². The van der Waals surface area contributed by atoms with Gasteiger partial charge in [0.25, 0.3) is 0 Å². The summed E-state index contributed by atoms with van der Waals surface area (Å²) < 4.78 is 3.29. The third-order valence-electron chi connectivity index (χ3n) is 4.18. The summed E-state index contributed by atoms with van der Waals surface area (Å²) in [4.78, 5) is 12.6. The highest BCUT2D eigenvalue weighted by Gasteiger charge is 2.21. The molecule has 1 N–H and O–H groups in total. The Balaban J connectivity index is 1.77. The molecule has 0 aliphatic heterocycles. The summed E-state index contributed by atoms with van der Waals surface area (Å²) >= 11 is 18.4. The zero-order valence-corrected chi connectivity index (χ0v) is 17.1. The molecule has 6 nitrogen and oxygen atoms in total. The van der Waals surface area contributed by atoms with E-state index in [1.165, 1.54) is 6.20 Å². The van der Waals surface area contributed by atoms with Crippen molar-refractivity contribution in [3.8, 4) is 0 Å². The zero-order chi connectivity index (χ0) is 19.6. The minimum atomic E-state index is -0.471. The van der Waals surface area contributed by atoms with E-state index in [1.54, 1.807) is 39.8 Å². The molecule has 0 bridgehead atoms. The first kappa shape index (κ1) is 19.7. The van der Waals surface area contributed by atoms with Gasteiger partial charge in [0.2, 0.25) is 5.91 Å². The summed E-state index contributed by atoms with van der Waals surface area (Å²) in [5.74, 6) is 0.245. The Morgan fingerprint density at radius 2 is 1.96 bits per heavy atom. The highest BCUT2D eigenvalue weighted by Crippen LogP contribution is 2.26. The summed E-state index contributed by atoms with van der Waals surface area (Å²) in [6.07, 6.45) is 3.70.